The molecule has 0 bridgehead atoms. The lowest BCUT2D eigenvalue weighted by Crippen LogP contribution is -2.46. The van der Waals surface area contributed by atoms with Crippen molar-refractivity contribution in [2.24, 2.45) is 0 Å². The van der Waals surface area contributed by atoms with E-state index in [-0.39, 0.29) is 0 Å². The van der Waals surface area contributed by atoms with Gasteiger partial charge in [0.1, 0.15) is 5.54 Å². The third-order valence-corrected chi connectivity index (χ3v) is 2.47. The van der Waals surface area contributed by atoms with Crippen molar-refractivity contribution in [1.29, 1.82) is 5.26 Å². The molecular formula is C9H16N2O. The van der Waals surface area contributed by atoms with Crippen LogP contribution in [0.15, 0.2) is 0 Å². The van der Waals surface area contributed by atoms with Crippen molar-refractivity contribution in [3.8, 4) is 6.07 Å². The molecule has 1 rings (SSSR count). The van der Waals surface area contributed by atoms with Gasteiger partial charge in [0, 0.05) is 7.11 Å². The van der Waals surface area contributed by atoms with Crippen LogP contribution in [0.2, 0.25) is 0 Å². The van der Waals surface area contributed by atoms with Gasteiger partial charge in [0.2, 0.25) is 0 Å². The van der Waals surface area contributed by atoms with Crippen molar-refractivity contribution in [1.82, 2.24) is 4.90 Å². The van der Waals surface area contributed by atoms with E-state index in [1.807, 2.05) is 6.92 Å². The second-order valence-corrected chi connectivity index (χ2v) is 3.51. The van der Waals surface area contributed by atoms with Crippen molar-refractivity contribution >= 4 is 0 Å². The maximum absolute atomic E-state index is 9.01. The molecule has 1 aliphatic heterocycles. The lowest BCUT2D eigenvalue weighted by atomic mass is 10.0. The second-order valence-electron chi connectivity index (χ2n) is 3.51. The third kappa shape index (κ3) is 1.77. The zero-order valence-electron chi connectivity index (χ0n) is 7.84. The summed E-state index contributed by atoms with van der Waals surface area (Å²) in [6, 6.07) is 2.32. The molecule has 1 unspecified atom stereocenters. The summed E-state index contributed by atoms with van der Waals surface area (Å²) < 4.78 is 5.05. The topological polar surface area (TPSA) is 36.3 Å². The van der Waals surface area contributed by atoms with E-state index in [0.29, 0.717) is 6.61 Å². The van der Waals surface area contributed by atoms with E-state index >= 15 is 0 Å². The van der Waals surface area contributed by atoms with E-state index in [9.17, 15) is 0 Å². The van der Waals surface area contributed by atoms with E-state index in [1.54, 1.807) is 7.11 Å². The Balaban J connectivity index is 2.59. The number of hydrogen-bond acceptors (Lipinski definition) is 3. The maximum atomic E-state index is 9.01. The largest absolute Gasteiger partial charge is 0.382 e. The highest BCUT2D eigenvalue weighted by molar-refractivity contribution is 5.06. The summed E-state index contributed by atoms with van der Waals surface area (Å²) >= 11 is 0. The Labute approximate surface area is 73.9 Å². The first-order valence-corrected chi connectivity index (χ1v) is 4.38. The molecule has 0 aliphatic carbocycles. The molecule has 1 heterocycles. The van der Waals surface area contributed by atoms with Crippen LogP contribution in [0.5, 0.6) is 0 Å². The van der Waals surface area contributed by atoms with Crippen LogP contribution >= 0.6 is 0 Å². The number of nitrogens with zero attached hydrogens (tertiary/aromatic N) is 2. The SMILES string of the molecule is COCC(C)(C#N)N1CCCC1. The van der Waals surface area contributed by atoms with E-state index in [4.69, 9.17) is 10.00 Å². The molecule has 1 saturated heterocycles. The second kappa shape index (κ2) is 3.88. The molecular weight excluding hydrogens is 152 g/mol. The van der Waals surface area contributed by atoms with Crippen LogP contribution in [-0.4, -0.2) is 37.2 Å². The molecule has 1 fully saturated rings. The third-order valence-electron chi connectivity index (χ3n) is 2.47. The predicted octanol–water partition coefficient (Wildman–Crippen LogP) is 1.01. The predicted molar refractivity (Wildman–Crippen MR) is 46.7 cm³/mol. The van der Waals surface area contributed by atoms with Crippen LogP contribution in [-0.2, 0) is 4.74 Å². The minimum Gasteiger partial charge on any atom is -0.382 e. The van der Waals surface area contributed by atoms with Gasteiger partial charge in [-0.3, -0.25) is 4.90 Å². The molecule has 1 aliphatic rings. The van der Waals surface area contributed by atoms with Gasteiger partial charge in [-0.05, 0) is 32.9 Å². The van der Waals surface area contributed by atoms with Crippen LogP contribution in [0.1, 0.15) is 19.8 Å². The average molecular weight is 168 g/mol. The summed E-state index contributed by atoms with van der Waals surface area (Å²) in [6.45, 7) is 4.52. The van der Waals surface area contributed by atoms with Gasteiger partial charge in [-0.2, -0.15) is 5.26 Å². The van der Waals surface area contributed by atoms with E-state index in [0.717, 1.165) is 13.1 Å². The maximum Gasteiger partial charge on any atom is 0.129 e. The molecule has 3 nitrogen and oxygen atoms in total. The number of ether oxygens (including phenoxy) is 1. The van der Waals surface area contributed by atoms with E-state index < -0.39 is 5.54 Å². The first-order chi connectivity index (χ1) is 5.73. The highest BCUT2D eigenvalue weighted by Crippen LogP contribution is 2.20. The molecule has 12 heavy (non-hydrogen) atoms. The summed E-state index contributed by atoms with van der Waals surface area (Å²) in [5.74, 6) is 0. The Morgan fingerprint density at radius 3 is 2.50 bits per heavy atom. The van der Waals surface area contributed by atoms with Crippen molar-refractivity contribution in [3.05, 3.63) is 0 Å². The Morgan fingerprint density at radius 1 is 1.50 bits per heavy atom. The number of likely N-dealkylation sites (tertiary alicyclic amines) is 1. The monoisotopic (exact) mass is 168 g/mol. The van der Waals surface area contributed by atoms with Gasteiger partial charge in [0.25, 0.3) is 0 Å². The van der Waals surface area contributed by atoms with Gasteiger partial charge in [-0.1, -0.05) is 0 Å². The Kier molecular flexibility index (Phi) is 3.07. The standard InChI is InChI=1S/C9H16N2O/c1-9(7-10,8-12-2)11-5-3-4-6-11/h3-6,8H2,1-2H3. The van der Waals surface area contributed by atoms with Crippen LogP contribution in [0.25, 0.3) is 0 Å². The molecule has 0 aromatic carbocycles. The van der Waals surface area contributed by atoms with Gasteiger partial charge >= 0.3 is 0 Å². The Bertz CT molecular complexity index is 181. The number of hydrogen-bond donors (Lipinski definition) is 0. The summed E-state index contributed by atoms with van der Waals surface area (Å²) in [4.78, 5) is 2.20. The van der Waals surface area contributed by atoms with Crippen molar-refractivity contribution in [3.63, 3.8) is 0 Å². The minimum absolute atomic E-state index is 0.411. The number of methoxy groups -OCH3 is 1. The first-order valence-electron chi connectivity index (χ1n) is 4.38. The fraction of sp³-hybridized carbons (Fsp3) is 0.889. The fourth-order valence-corrected chi connectivity index (χ4v) is 1.69. The van der Waals surface area contributed by atoms with Crippen molar-refractivity contribution < 1.29 is 4.74 Å². The molecule has 3 heteroatoms. The van der Waals surface area contributed by atoms with Crippen LogP contribution in [0.3, 0.4) is 0 Å². The van der Waals surface area contributed by atoms with Crippen LogP contribution < -0.4 is 0 Å². The zero-order valence-corrected chi connectivity index (χ0v) is 7.84. The van der Waals surface area contributed by atoms with Crippen LogP contribution in [0, 0.1) is 11.3 Å². The normalized spacial score (nSPS) is 23.4. The molecule has 68 valence electrons. The number of nitriles is 1. The Hall–Kier alpha value is -0.590. The van der Waals surface area contributed by atoms with Gasteiger partial charge in [-0.25, -0.2) is 0 Å². The summed E-state index contributed by atoms with van der Waals surface area (Å²) in [5, 5.41) is 9.01. The zero-order chi connectivity index (χ0) is 9.03. The molecule has 0 saturated carbocycles. The van der Waals surface area contributed by atoms with Crippen molar-refractivity contribution in [2.45, 2.75) is 25.3 Å². The van der Waals surface area contributed by atoms with Gasteiger partial charge < -0.3 is 4.74 Å². The molecule has 1 atom stereocenters. The van der Waals surface area contributed by atoms with Gasteiger partial charge in [-0.15, -0.1) is 0 Å². The smallest absolute Gasteiger partial charge is 0.129 e. The lowest BCUT2D eigenvalue weighted by molar-refractivity contribution is 0.0732. The summed E-state index contributed by atoms with van der Waals surface area (Å²) in [6.07, 6.45) is 2.42. The highest BCUT2D eigenvalue weighted by Gasteiger charge is 2.33. The molecule has 0 radical (unpaired) electrons. The molecule has 0 N–H and O–H groups in total. The van der Waals surface area contributed by atoms with Crippen LogP contribution in [0.4, 0.5) is 0 Å². The fourth-order valence-electron chi connectivity index (χ4n) is 1.69. The van der Waals surface area contributed by atoms with Crippen molar-refractivity contribution in [2.75, 3.05) is 26.8 Å². The molecule has 0 aromatic heterocycles. The average Bonchev–Trinajstić information content (AvgIpc) is 2.57. The molecule has 0 aromatic rings. The summed E-state index contributed by atoms with van der Waals surface area (Å²) in [7, 11) is 1.64. The summed E-state index contributed by atoms with van der Waals surface area (Å²) in [5.41, 5.74) is -0.411. The quantitative estimate of drug-likeness (QED) is 0.631. The number of rotatable bonds is 3. The lowest BCUT2D eigenvalue weighted by Gasteiger charge is -2.31. The van der Waals surface area contributed by atoms with Gasteiger partial charge in [0.05, 0.1) is 12.7 Å². The minimum atomic E-state index is -0.411. The molecule has 0 amide bonds. The molecule has 0 spiro atoms. The highest BCUT2D eigenvalue weighted by atomic mass is 16.5. The Morgan fingerprint density at radius 2 is 2.08 bits per heavy atom. The van der Waals surface area contributed by atoms with E-state index in [2.05, 4.69) is 11.0 Å². The first kappa shape index (κ1) is 9.50. The van der Waals surface area contributed by atoms with Gasteiger partial charge in [0.15, 0.2) is 0 Å². The van der Waals surface area contributed by atoms with E-state index in [1.165, 1.54) is 12.8 Å².